The molecule has 0 radical (unpaired) electrons. The Kier molecular flexibility index (Phi) is 61.4. The summed E-state index contributed by atoms with van der Waals surface area (Å²) in [5, 5.41) is 11.8. The second kappa shape index (κ2) is 65.2. The van der Waals surface area contributed by atoms with Gasteiger partial charge in [-0.15, -0.1) is 0 Å². The highest BCUT2D eigenvalue weighted by molar-refractivity contribution is 5.70. The molecule has 2 unspecified atom stereocenters. The lowest BCUT2D eigenvalue weighted by molar-refractivity contribution is -0.870. The van der Waals surface area contributed by atoms with E-state index < -0.39 is 24.3 Å². The summed E-state index contributed by atoms with van der Waals surface area (Å²) in [6.45, 7) is 4.48. The van der Waals surface area contributed by atoms with Crippen molar-refractivity contribution in [2.24, 2.45) is 0 Å². The molecule has 9 heteroatoms. The van der Waals surface area contributed by atoms with Crippen LogP contribution in [0.3, 0.4) is 0 Å². The maximum atomic E-state index is 12.9. The van der Waals surface area contributed by atoms with E-state index in [1.54, 1.807) is 0 Å². The number of carboxylic acids is 1. The number of allylic oxidation sites excluding steroid dienone is 24. The van der Waals surface area contributed by atoms with E-state index in [2.05, 4.69) is 160 Å². The molecule has 0 bridgehead atoms. The molecule has 0 N–H and O–H groups in total. The van der Waals surface area contributed by atoms with E-state index in [1.807, 2.05) is 21.1 Å². The molecule has 0 aromatic rings. The van der Waals surface area contributed by atoms with E-state index in [4.69, 9.17) is 18.9 Å². The summed E-state index contributed by atoms with van der Waals surface area (Å²) in [4.78, 5) is 37.4. The normalized spacial score (nSPS) is 13.7. The first-order chi connectivity index (χ1) is 41.6. The fourth-order valence-electron chi connectivity index (χ4n) is 8.96. The number of unbranched alkanes of at least 4 members (excludes halogenated alkanes) is 22. The molecule has 0 saturated carbocycles. The third-order valence-electron chi connectivity index (χ3n) is 14.1. The Bertz CT molecular complexity index is 1900. The monoisotopic (exact) mass is 1180 g/mol. The Morgan fingerprint density at radius 3 is 0.953 bits per heavy atom. The molecule has 2 atom stereocenters. The van der Waals surface area contributed by atoms with Gasteiger partial charge in [0.2, 0.25) is 0 Å². The number of ether oxygens (including phenoxy) is 4. The average Bonchev–Trinajstić information content (AvgIpc) is 3.49. The summed E-state index contributed by atoms with van der Waals surface area (Å²) in [7, 11) is 5.91. The molecule has 0 amide bonds. The average molecular weight is 1180 g/mol. The van der Waals surface area contributed by atoms with Crippen LogP contribution in [0.4, 0.5) is 0 Å². The molecule has 0 saturated heterocycles. The predicted molar refractivity (Wildman–Crippen MR) is 361 cm³/mol. The Balaban J connectivity index is 4.17. The van der Waals surface area contributed by atoms with Crippen LogP contribution in [0.2, 0.25) is 0 Å². The first-order valence-electron chi connectivity index (χ1n) is 34.0. The van der Waals surface area contributed by atoms with Crippen molar-refractivity contribution in [3.05, 3.63) is 146 Å². The number of aliphatic carboxylic acids is 1. The minimum absolute atomic E-state index is 0.134. The van der Waals surface area contributed by atoms with Gasteiger partial charge >= 0.3 is 11.9 Å². The van der Waals surface area contributed by atoms with E-state index in [0.717, 1.165) is 116 Å². The number of carbonyl (C=O) groups excluding carboxylic acids is 3. The van der Waals surface area contributed by atoms with Gasteiger partial charge in [-0.2, -0.15) is 0 Å². The van der Waals surface area contributed by atoms with E-state index in [0.29, 0.717) is 17.4 Å². The van der Waals surface area contributed by atoms with Crippen LogP contribution < -0.4 is 5.11 Å². The number of quaternary nitrogens is 1. The van der Waals surface area contributed by atoms with Crippen LogP contribution in [-0.4, -0.2) is 82.3 Å². The lowest BCUT2D eigenvalue weighted by atomic mass is 10.0. The smallest absolute Gasteiger partial charge is 0.306 e. The Labute approximate surface area is 522 Å². The summed E-state index contributed by atoms with van der Waals surface area (Å²) in [6, 6.07) is 0. The van der Waals surface area contributed by atoms with Crippen LogP contribution in [0.5, 0.6) is 0 Å². The molecular formula is C76H125NO8. The van der Waals surface area contributed by atoms with Crippen molar-refractivity contribution in [2.45, 2.75) is 270 Å². The second-order valence-corrected chi connectivity index (χ2v) is 23.3. The van der Waals surface area contributed by atoms with Crippen molar-refractivity contribution in [3.63, 3.8) is 0 Å². The lowest BCUT2D eigenvalue weighted by Gasteiger charge is -2.26. The fourth-order valence-corrected chi connectivity index (χ4v) is 8.96. The number of likely N-dealkylation sites (N-methyl/N-ethyl adjacent to an activating group) is 1. The molecule has 9 nitrogen and oxygen atoms in total. The van der Waals surface area contributed by atoms with Gasteiger partial charge in [0, 0.05) is 12.8 Å². The summed E-state index contributed by atoms with van der Waals surface area (Å²) in [6.07, 6.45) is 92.1. The van der Waals surface area contributed by atoms with Crippen LogP contribution in [0, 0.1) is 0 Å². The van der Waals surface area contributed by atoms with Gasteiger partial charge in [-0.05, 0) is 116 Å². The number of hydrogen-bond donors (Lipinski definition) is 0. The van der Waals surface area contributed by atoms with Crippen LogP contribution in [0.25, 0.3) is 0 Å². The molecule has 0 fully saturated rings. The molecule has 0 aromatic carbocycles. The van der Waals surface area contributed by atoms with Gasteiger partial charge in [0.15, 0.2) is 12.4 Å². The van der Waals surface area contributed by atoms with Gasteiger partial charge in [0.1, 0.15) is 13.2 Å². The maximum absolute atomic E-state index is 12.9. The topological polar surface area (TPSA) is 111 Å². The van der Waals surface area contributed by atoms with E-state index >= 15 is 0 Å². The van der Waals surface area contributed by atoms with Gasteiger partial charge in [-0.1, -0.05) is 275 Å². The minimum atomic E-state index is -1.64. The van der Waals surface area contributed by atoms with Gasteiger partial charge in [0.25, 0.3) is 0 Å². The highest BCUT2D eigenvalue weighted by Gasteiger charge is 2.22. The number of rotatable bonds is 61. The van der Waals surface area contributed by atoms with Crippen LogP contribution in [0.15, 0.2) is 146 Å². The Morgan fingerprint density at radius 1 is 0.353 bits per heavy atom. The fraction of sp³-hybridized carbons (Fsp3) is 0.645. The summed E-state index contributed by atoms with van der Waals surface area (Å²) < 4.78 is 22.7. The highest BCUT2D eigenvalue weighted by Crippen LogP contribution is 2.16. The van der Waals surface area contributed by atoms with Crippen molar-refractivity contribution in [1.82, 2.24) is 0 Å². The summed E-state index contributed by atoms with van der Waals surface area (Å²) in [5.74, 6) is -2.33. The van der Waals surface area contributed by atoms with Crippen LogP contribution >= 0.6 is 0 Å². The Morgan fingerprint density at radius 2 is 0.635 bits per heavy atom. The van der Waals surface area contributed by atoms with E-state index in [9.17, 15) is 19.5 Å². The van der Waals surface area contributed by atoms with E-state index in [-0.39, 0.29) is 38.6 Å². The van der Waals surface area contributed by atoms with E-state index in [1.165, 1.54) is 109 Å². The zero-order valence-corrected chi connectivity index (χ0v) is 54.9. The van der Waals surface area contributed by atoms with Crippen molar-refractivity contribution in [1.29, 1.82) is 0 Å². The predicted octanol–water partition coefficient (Wildman–Crippen LogP) is 19.8. The zero-order chi connectivity index (χ0) is 61.9. The number of nitrogens with zero attached hydrogens (tertiary/aromatic N) is 1. The van der Waals surface area contributed by atoms with Crippen molar-refractivity contribution < 1.29 is 42.9 Å². The number of hydrogen-bond acceptors (Lipinski definition) is 8. The number of carbonyl (C=O) groups is 3. The third kappa shape index (κ3) is 66.5. The molecule has 0 aromatic heterocycles. The molecule has 85 heavy (non-hydrogen) atoms. The van der Waals surface area contributed by atoms with Crippen LogP contribution in [-0.2, 0) is 33.3 Å². The van der Waals surface area contributed by atoms with Gasteiger partial charge in [0.05, 0.1) is 40.3 Å². The highest BCUT2D eigenvalue weighted by atomic mass is 16.7. The SMILES string of the molecule is CC/C=C\C/C=C\C/C=C\C/C=C\C/C=C\C/C=C\C/C=C\CCCCCC(=O)OC(COC(=O)CCCCCCCCCCCCCCCCCCCCC/C=C\C/C=C\C/C=C\C/C=C\C/C=C\CC)COC(OCC[N+](C)(C)C)C(=O)[O-]. The van der Waals surface area contributed by atoms with Crippen molar-refractivity contribution in [2.75, 3.05) is 47.5 Å². The quantitative estimate of drug-likeness (QED) is 0.0195. The largest absolute Gasteiger partial charge is 0.545 e. The van der Waals surface area contributed by atoms with Crippen molar-refractivity contribution >= 4 is 17.9 Å². The minimum Gasteiger partial charge on any atom is -0.545 e. The number of esters is 2. The Hall–Kier alpha value is -4.83. The molecule has 0 aliphatic carbocycles. The first-order valence-corrected chi connectivity index (χ1v) is 34.0. The molecule has 0 aliphatic rings. The molecule has 0 heterocycles. The van der Waals surface area contributed by atoms with Gasteiger partial charge < -0.3 is 33.3 Å². The molecule has 0 aliphatic heterocycles. The maximum Gasteiger partial charge on any atom is 0.306 e. The summed E-state index contributed by atoms with van der Waals surface area (Å²) in [5.41, 5.74) is 0. The zero-order valence-electron chi connectivity index (χ0n) is 54.9. The van der Waals surface area contributed by atoms with Crippen LogP contribution in [0.1, 0.15) is 258 Å². The van der Waals surface area contributed by atoms with Gasteiger partial charge in [-0.3, -0.25) is 9.59 Å². The van der Waals surface area contributed by atoms with Crippen molar-refractivity contribution in [3.8, 4) is 0 Å². The molecule has 0 rings (SSSR count). The second-order valence-electron chi connectivity index (χ2n) is 23.3. The first kappa shape index (κ1) is 80.2. The van der Waals surface area contributed by atoms with Gasteiger partial charge in [-0.25, -0.2) is 0 Å². The third-order valence-corrected chi connectivity index (χ3v) is 14.1. The molecule has 0 spiro atoms. The standard InChI is InChI=1S/C76H125NO8/c1-6-8-10-12-14-16-18-20-22-24-26-28-30-32-33-34-35-36-37-38-39-40-41-43-44-46-48-50-52-54-56-58-60-62-64-66-73(78)83-70-72(71-84-76(75(80)81)82-69-68-77(3,4)5)85-74(79)67-65-63-61-59-57-55-53-51-49-47-45-42-31-29-27-25-23-21-19-17-15-13-11-9-7-2/h8-11,14-17,20-23,26-29,32-33,42,45,49,51,55,57,72,76H,6-7,12-13,18-19,24-25,30-31,34-41,43-44,46-48,50,52-54,56,58-71H2,1-5H3/b10-8-,11-9-,16-14-,17-15-,22-20-,23-21-,28-26-,29-27-,33-32-,45-42-,51-49-,57-55-. The summed E-state index contributed by atoms with van der Waals surface area (Å²) >= 11 is 0. The molecular weight excluding hydrogens is 1050 g/mol. The number of carboxylic acid groups (broad SMARTS) is 1. The molecule has 482 valence electrons. The lowest BCUT2D eigenvalue weighted by Crippen LogP contribution is -2.44.